The van der Waals surface area contributed by atoms with E-state index in [2.05, 4.69) is 20.9 Å². The first-order chi connectivity index (χ1) is 35.0. The number of unbranched alkanes of at least 4 members (excludes halogenated alkanes) is 1. The Bertz CT molecular complexity index is 2470. The van der Waals surface area contributed by atoms with Gasteiger partial charge >= 0.3 is 23.9 Å². The number of amides is 5. The van der Waals surface area contributed by atoms with Gasteiger partial charge in [0.15, 0.2) is 0 Å². The number of hydrogen-bond donors (Lipinski definition) is 6. The summed E-state index contributed by atoms with van der Waals surface area (Å²) < 4.78 is 1.39. The number of carboxylic acids is 4. The van der Waals surface area contributed by atoms with E-state index in [1.165, 1.54) is 21.7 Å². The van der Waals surface area contributed by atoms with E-state index in [4.69, 9.17) is 0 Å². The second-order valence-electron chi connectivity index (χ2n) is 18.2. The molecule has 73 heavy (non-hydrogen) atoms. The zero-order valence-electron chi connectivity index (χ0n) is 40.9. The molecule has 2 fully saturated rings. The van der Waals surface area contributed by atoms with Gasteiger partial charge in [0.25, 0.3) is 0 Å². The minimum absolute atomic E-state index is 0.0358. The molecule has 6 rings (SSSR count). The van der Waals surface area contributed by atoms with Gasteiger partial charge in [0, 0.05) is 103 Å². The predicted octanol–water partition coefficient (Wildman–Crippen LogP) is -0.434. The summed E-state index contributed by atoms with van der Waals surface area (Å²) in [4.78, 5) is 122. The summed E-state index contributed by atoms with van der Waals surface area (Å²) in [6.07, 6.45) is 1.70. The third-order valence-corrected chi connectivity index (χ3v) is 13.0. The number of para-hydroxylation sites is 1. The monoisotopic (exact) mass is 1020 g/mol. The largest absolute Gasteiger partial charge is 0.480 e. The second-order valence-corrected chi connectivity index (χ2v) is 18.2. The number of fused-ring (bicyclic) bond motifs is 5. The lowest BCUT2D eigenvalue weighted by Gasteiger charge is -2.32. The molecular formula is C48H64N12O13. The Kier molecular flexibility index (Phi) is 19.9. The molecule has 5 amide bonds. The number of nitrogens with one attached hydrogen (secondary N) is 2. The smallest absolute Gasteiger partial charge is 0.326 e. The highest BCUT2D eigenvalue weighted by atomic mass is 16.4. The lowest BCUT2D eigenvalue weighted by molar-refractivity contribution is -0.158. The topological polar surface area (TPSA) is 312 Å². The van der Waals surface area contributed by atoms with E-state index < -0.39 is 41.7 Å². The highest BCUT2D eigenvalue weighted by molar-refractivity contribution is 6.00. The maximum atomic E-state index is 14.2. The van der Waals surface area contributed by atoms with Gasteiger partial charge < -0.3 is 36.0 Å². The van der Waals surface area contributed by atoms with Crippen LogP contribution in [0.1, 0.15) is 50.5 Å². The lowest BCUT2D eigenvalue weighted by atomic mass is 9.95. The standard InChI is InChI=1S/C48H64N12O13/c1-53-40(63)14-8-15-42(65)60(53)18-7-6-12-36(48(72)73)50-39(62)29-59-47-34-10-3-2-9-33(34)27-58(37-13-5-4-11-35(37)46(47)51-52-59)41(64)16-17-49-38(61)28-54-19-21-55(30-43(66)67)23-25-57(32-45(70)71)26-24-56(22-20-54)31-44(68)69/h2-5,9-11,13,36H,6-8,12,14-32H2,1H3,(H,49,61)(H,50,62)(H,66,67)(H,68,69)(H,70,71)(H,72,73). The molecule has 1 unspecified atom stereocenters. The van der Waals surface area contributed by atoms with Crippen molar-refractivity contribution in [1.29, 1.82) is 0 Å². The summed E-state index contributed by atoms with van der Waals surface area (Å²) in [7, 11) is 1.54. The van der Waals surface area contributed by atoms with Crippen molar-refractivity contribution in [2.24, 2.45) is 0 Å². The molecule has 3 aliphatic rings. The quantitative estimate of drug-likeness (QED) is 0.0782. The van der Waals surface area contributed by atoms with Gasteiger partial charge in [-0.3, -0.25) is 68.0 Å². The Labute approximate surface area is 421 Å². The summed E-state index contributed by atoms with van der Waals surface area (Å²) in [5, 5.41) is 55.6. The maximum Gasteiger partial charge on any atom is 0.326 e. The fourth-order valence-electron chi connectivity index (χ4n) is 9.14. The van der Waals surface area contributed by atoms with Crippen molar-refractivity contribution in [3.05, 3.63) is 54.1 Å². The normalized spacial score (nSPS) is 17.1. The van der Waals surface area contributed by atoms with E-state index in [0.717, 1.165) is 0 Å². The van der Waals surface area contributed by atoms with Crippen LogP contribution in [-0.2, 0) is 56.2 Å². The number of carbonyl (C=O) groups is 9. The van der Waals surface area contributed by atoms with Crippen LogP contribution < -0.4 is 15.5 Å². The summed E-state index contributed by atoms with van der Waals surface area (Å²) in [6, 6.07) is 13.1. The molecule has 2 aromatic carbocycles. The zero-order chi connectivity index (χ0) is 52.6. The maximum absolute atomic E-state index is 14.2. The first-order valence-electron chi connectivity index (χ1n) is 24.3. The average molecular weight is 1020 g/mol. The molecule has 3 aliphatic heterocycles. The van der Waals surface area contributed by atoms with Crippen LogP contribution in [0.15, 0.2) is 48.5 Å². The molecule has 1 atom stereocenters. The Morgan fingerprint density at radius 1 is 0.658 bits per heavy atom. The van der Waals surface area contributed by atoms with Gasteiger partial charge in [0.2, 0.25) is 29.5 Å². The van der Waals surface area contributed by atoms with E-state index in [1.807, 2.05) is 12.1 Å². The van der Waals surface area contributed by atoms with Crippen LogP contribution in [0.2, 0.25) is 0 Å². The predicted molar refractivity (Wildman–Crippen MR) is 260 cm³/mol. The fraction of sp³-hybridized carbons (Fsp3) is 0.521. The van der Waals surface area contributed by atoms with Crippen LogP contribution in [0, 0.1) is 0 Å². The third kappa shape index (κ3) is 15.8. The van der Waals surface area contributed by atoms with Crippen molar-refractivity contribution in [3.8, 4) is 22.5 Å². The van der Waals surface area contributed by atoms with Gasteiger partial charge in [-0.25, -0.2) is 9.48 Å². The van der Waals surface area contributed by atoms with E-state index in [1.54, 1.807) is 60.9 Å². The molecule has 3 aromatic rings. The Balaban J connectivity index is 1.10. The van der Waals surface area contributed by atoms with E-state index >= 15 is 0 Å². The van der Waals surface area contributed by atoms with E-state index in [9.17, 15) is 63.6 Å². The molecule has 0 aliphatic carbocycles. The number of carboxylic acid groups (broad SMARTS) is 4. The van der Waals surface area contributed by atoms with Crippen molar-refractivity contribution >= 4 is 59.1 Å². The van der Waals surface area contributed by atoms with Crippen molar-refractivity contribution in [2.75, 3.05) is 104 Å². The molecule has 25 heteroatoms. The number of hydrogen-bond acceptors (Lipinski definition) is 15. The van der Waals surface area contributed by atoms with Gasteiger partial charge in [0.1, 0.15) is 18.3 Å². The molecule has 6 N–H and O–H groups in total. The fourth-order valence-corrected chi connectivity index (χ4v) is 9.14. The van der Waals surface area contributed by atoms with Gasteiger partial charge in [-0.05, 0) is 37.3 Å². The molecule has 0 radical (unpaired) electrons. The molecule has 0 spiro atoms. The van der Waals surface area contributed by atoms with Crippen LogP contribution >= 0.6 is 0 Å². The molecule has 0 bridgehead atoms. The number of aromatic nitrogens is 3. The molecular weight excluding hydrogens is 953 g/mol. The van der Waals surface area contributed by atoms with Gasteiger partial charge in [-0.2, -0.15) is 0 Å². The molecule has 1 aromatic heterocycles. The van der Waals surface area contributed by atoms with Crippen LogP contribution in [-0.4, -0.2) is 223 Å². The van der Waals surface area contributed by atoms with Crippen molar-refractivity contribution in [1.82, 2.24) is 55.2 Å². The molecule has 394 valence electrons. The number of hydrazine groups is 1. The number of aliphatic carboxylic acids is 4. The minimum Gasteiger partial charge on any atom is -0.480 e. The number of rotatable bonds is 20. The zero-order valence-corrected chi connectivity index (χ0v) is 40.9. The highest BCUT2D eigenvalue weighted by Crippen LogP contribution is 2.41. The lowest BCUT2D eigenvalue weighted by Crippen LogP contribution is -2.50. The second kappa shape index (κ2) is 26.4. The highest BCUT2D eigenvalue weighted by Gasteiger charge is 2.31. The van der Waals surface area contributed by atoms with Crippen molar-refractivity contribution in [2.45, 2.75) is 64.1 Å². The molecule has 2 saturated heterocycles. The van der Waals surface area contributed by atoms with Crippen LogP contribution in [0.3, 0.4) is 0 Å². The summed E-state index contributed by atoms with van der Waals surface area (Å²) in [5.41, 5.74) is 3.20. The summed E-state index contributed by atoms with van der Waals surface area (Å²) in [6.45, 7) is 0.762. The van der Waals surface area contributed by atoms with Crippen molar-refractivity contribution < 1.29 is 63.6 Å². The Morgan fingerprint density at radius 2 is 1.21 bits per heavy atom. The number of carbonyl (C=O) groups excluding carboxylic acids is 5. The van der Waals surface area contributed by atoms with E-state index in [0.29, 0.717) is 53.0 Å². The number of benzene rings is 2. The van der Waals surface area contributed by atoms with Gasteiger partial charge in [-0.15, -0.1) is 5.10 Å². The van der Waals surface area contributed by atoms with Gasteiger partial charge in [0.05, 0.1) is 44.1 Å². The summed E-state index contributed by atoms with van der Waals surface area (Å²) in [5.74, 6) is -6.14. The SMILES string of the molecule is CN1C(=O)CCCC(=O)N1CCCCC(NC(=O)Cn1nnc2c1-c1ccccc1CN(C(=O)CCNC(=O)CN1CCN(CC(=O)O)CCN(CC(=O)O)CCN(CC(=O)O)CC1)c1ccccc1-2)C(=O)O. The first kappa shape index (κ1) is 55.0. The molecule has 0 saturated carbocycles. The minimum atomic E-state index is -1.24. The third-order valence-electron chi connectivity index (χ3n) is 13.0. The number of anilines is 1. The van der Waals surface area contributed by atoms with Crippen LogP contribution in [0.5, 0.6) is 0 Å². The van der Waals surface area contributed by atoms with Crippen molar-refractivity contribution in [3.63, 3.8) is 0 Å². The Hall–Kier alpha value is -7.35. The van der Waals surface area contributed by atoms with Crippen LogP contribution in [0.4, 0.5) is 5.69 Å². The average Bonchev–Trinajstić information content (AvgIpc) is 3.69. The molecule has 25 nitrogen and oxygen atoms in total. The molecule has 4 heterocycles. The summed E-state index contributed by atoms with van der Waals surface area (Å²) >= 11 is 0. The Morgan fingerprint density at radius 3 is 1.79 bits per heavy atom. The number of nitrogens with zero attached hydrogens (tertiary/aromatic N) is 10. The first-order valence-corrected chi connectivity index (χ1v) is 24.3. The van der Waals surface area contributed by atoms with Gasteiger partial charge in [-0.1, -0.05) is 47.7 Å². The van der Waals surface area contributed by atoms with E-state index in [-0.39, 0.29) is 148 Å². The van der Waals surface area contributed by atoms with Crippen LogP contribution in [0.25, 0.3) is 22.5 Å².